The topological polar surface area (TPSA) is 68.0 Å². The Bertz CT molecular complexity index is 873. The highest BCUT2D eigenvalue weighted by Gasteiger charge is 2.11. The molecule has 0 spiro atoms. The minimum atomic E-state index is -0.399. The summed E-state index contributed by atoms with van der Waals surface area (Å²) in [5.74, 6) is -0.100. The molecule has 0 atom stereocenters. The van der Waals surface area contributed by atoms with Crippen LogP contribution >= 0.6 is 34.5 Å². The summed E-state index contributed by atoms with van der Waals surface area (Å²) in [4.78, 5) is 12.6. The number of nitrogens with one attached hydrogen (secondary N) is 1. The molecule has 0 saturated heterocycles. The zero-order valence-electron chi connectivity index (χ0n) is 11.5. The van der Waals surface area contributed by atoms with Crippen molar-refractivity contribution < 1.29 is 9.21 Å². The van der Waals surface area contributed by atoms with Gasteiger partial charge < -0.3 is 4.42 Å². The Labute approximate surface area is 145 Å². The van der Waals surface area contributed by atoms with E-state index in [0.717, 1.165) is 10.4 Å². The van der Waals surface area contributed by atoms with Crippen LogP contribution in [0.1, 0.15) is 5.56 Å². The average molecular weight is 366 g/mol. The zero-order chi connectivity index (χ0) is 16.2. The van der Waals surface area contributed by atoms with Crippen LogP contribution in [-0.4, -0.2) is 16.1 Å². The Balaban J connectivity index is 1.67. The molecular formula is C15H9Cl2N3O2S. The molecule has 0 aliphatic carbocycles. The first kappa shape index (κ1) is 15.7. The molecule has 3 rings (SSSR count). The van der Waals surface area contributed by atoms with Crippen molar-refractivity contribution in [2.45, 2.75) is 0 Å². The van der Waals surface area contributed by atoms with Gasteiger partial charge in [0, 0.05) is 11.1 Å². The first-order chi connectivity index (χ1) is 11.1. The van der Waals surface area contributed by atoms with Gasteiger partial charge in [0.2, 0.25) is 0 Å². The van der Waals surface area contributed by atoms with Gasteiger partial charge in [-0.2, -0.15) is 0 Å². The van der Waals surface area contributed by atoms with E-state index in [1.54, 1.807) is 30.3 Å². The Hall–Kier alpha value is -2.15. The van der Waals surface area contributed by atoms with Crippen LogP contribution in [0, 0.1) is 0 Å². The van der Waals surface area contributed by atoms with Crippen LogP contribution in [-0.2, 0) is 4.79 Å². The lowest BCUT2D eigenvalue weighted by Crippen LogP contribution is -2.07. The summed E-state index contributed by atoms with van der Waals surface area (Å²) in [6, 6.07) is 10.7. The smallest absolute Gasteiger partial charge is 0.322 e. The Kier molecular flexibility index (Phi) is 4.76. The molecule has 116 valence electrons. The van der Waals surface area contributed by atoms with Crippen LogP contribution in [0.15, 0.2) is 46.9 Å². The molecule has 0 unspecified atom stereocenters. The standard InChI is InChI=1S/C15H9Cl2N3O2S/c16-10-4-2-1-3-9(10)5-8-13(21)18-15-20-19-14(22-15)11-6-7-12(17)23-11/h1-8H,(H,18,20,21). The number of thiophene rings is 1. The van der Waals surface area contributed by atoms with Gasteiger partial charge in [-0.25, -0.2) is 0 Å². The number of aromatic nitrogens is 2. The van der Waals surface area contributed by atoms with Gasteiger partial charge in [0.25, 0.3) is 11.8 Å². The van der Waals surface area contributed by atoms with Gasteiger partial charge in [0.15, 0.2) is 0 Å². The molecule has 0 bridgehead atoms. The van der Waals surface area contributed by atoms with Gasteiger partial charge in [0.1, 0.15) is 0 Å². The Morgan fingerprint density at radius 2 is 2.00 bits per heavy atom. The SMILES string of the molecule is O=C(C=Cc1ccccc1Cl)Nc1nnc(-c2ccc(Cl)s2)o1. The lowest BCUT2D eigenvalue weighted by atomic mass is 10.2. The average Bonchev–Trinajstić information content (AvgIpc) is 3.15. The van der Waals surface area contributed by atoms with E-state index in [9.17, 15) is 4.79 Å². The second kappa shape index (κ2) is 6.95. The molecule has 2 heterocycles. The molecule has 8 heteroatoms. The van der Waals surface area contributed by atoms with Gasteiger partial charge in [-0.15, -0.1) is 16.4 Å². The molecule has 3 aromatic rings. The Morgan fingerprint density at radius 3 is 2.74 bits per heavy atom. The normalized spacial score (nSPS) is 11.0. The van der Waals surface area contributed by atoms with E-state index in [4.69, 9.17) is 27.6 Å². The number of nitrogens with zero attached hydrogens (tertiary/aromatic N) is 2. The van der Waals surface area contributed by atoms with Crippen molar-refractivity contribution in [1.82, 2.24) is 10.2 Å². The number of hydrogen-bond acceptors (Lipinski definition) is 5. The molecule has 5 nitrogen and oxygen atoms in total. The van der Waals surface area contributed by atoms with Crippen LogP contribution in [0.4, 0.5) is 6.01 Å². The molecule has 1 N–H and O–H groups in total. The number of anilines is 1. The van der Waals surface area contributed by atoms with Gasteiger partial charge in [-0.1, -0.05) is 46.5 Å². The predicted octanol–water partition coefficient (Wildman–Crippen LogP) is 4.76. The van der Waals surface area contributed by atoms with Crippen LogP contribution in [0.5, 0.6) is 0 Å². The minimum absolute atomic E-state index is 0.0123. The van der Waals surface area contributed by atoms with Crippen molar-refractivity contribution in [1.29, 1.82) is 0 Å². The van der Waals surface area contributed by atoms with E-state index in [-0.39, 0.29) is 6.01 Å². The van der Waals surface area contributed by atoms with Crippen molar-refractivity contribution in [3.05, 3.63) is 57.4 Å². The lowest BCUT2D eigenvalue weighted by Gasteiger charge is -1.97. The van der Waals surface area contributed by atoms with E-state index in [0.29, 0.717) is 15.2 Å². The minimum Gasteiger partial charge on any atom is -0.402 e. The monoisotopic (exact) mass is 365 g/mol. The van der Waals surface area contributed by atoms with Crippen molar-refractivity contribution in [2.75, 3.05) is 5.32 Å². The van der Waals surface area contributed by atoms with Crippen molar-refractivity contribution >= 4 is 52.5 Å². The van der Waals surface area contributed by atoms with E-state index >= 15 is 0 Å². The van der Waals surface area contributed by atoms with Crippen molar-refractivity contribution in [3.8, 4) is 10.8 Å². The first-order valence-corrected chi connectivity index (χ1v) is 8.02. The van der Waals surface area contributed by atoms with E-state index in [1.807, 2.05) is 12.1 Å². The van der Waals surface area contributed by atoms with Gasteiger partial charge in [-0.05, 0) is 29.8 Å². The third kappa shape index (κ3) is 3.98. The highest BCUT2D eigenvalue weighted by molar-refractivity contribution is 7.19. The summed E-state index contributed by atoms with van der Waals surface area (Å²) >= 11 is 13.2. The largest absolute Gasteiger partial charge is 0.402 e. The number of halogens is 2. The second-order valence-electron chi connectivity index (χ2n) is 4.36. The Morgan fingerprint density at radius 1 is 1.17 bits per heavy atom. The van der Waals surface area contributed by atoms with Gasteiger partial charge >= 0.3 is 6.01 Å². The number of carbonyl (C=O) groups is 1. The summed E-state index contributed by atoms with van der Waals surface area (Å²) in [6.45, 7) is 0. The highest BCUT2D eigenvalue weighted by atomic mass is 35.5. The molecule has 0 aliphatic rings. The summed E-state index contributed by atoms with van der Waals surface area (Å²) in [6.07, 6.45) is 2.95. The number of amides is 1. The lowest BCUT2D eigenvalue weighted by molar-refractivity contribution is -0.112. The van der Waals surface area contributed by atoms with Crippen molar-refractivity contribution in [2.24, 2.45) is 0 Å². The van der Waals surface area contributed by atoms with Gasteiger partial charge in [0.05, 0.1) is 9.21 Å². The van der Waals surface area contributed by atoms with Crippen LogP contribution in [0.3, 0.4) is 0 Å². The molecule has 0 saturated carbocycles. The molecule has 1 amide bonds. The molecule has 23 heavy (non-hydrogen) atoms. The van der Waals surface area contributed by atoms with E-state index in [1.165, 1.54) is 17.4 Å². The maximum absolute atomic E-state index is 11.9. The number of rotatable bonds is 4. The fraction of sp³-hybridized carbons (Fsp3) is 0. The number of hydrogen-bond donors (Lipinski definition) is 1. The first-order valence-electron chi connectivity index (χ1n) is 6.44. The highest BCUT2D eigenvalue weighted by Crippen LogP contribution is 2.30. The van der Waals surface area contributed by atoms with E-state index in [2.05, 4.69) is 15.5 Å². The number of carbonyl (C=O) groups excluding carboxylic acids is 1. The van der Waals surface area contributed by atoms with Crippen LogP contribution in [0.2, 0.25) is 9.36 Å². The third-order valence-corrected chi connectivity index (χ3v) is 4.32. The van der Waals surface area contributed by atoms with Gasteiger partial charge in [-0.3, -0.25) is 10.1 Å². The molecule has 0 aliphatic heterocycles. The van der Waals surface area contributed by atoms with Crippen molar-refractivity contribution in [3.63, 3.8) is 0 Å². The molecule has 2 aromatic heterocycles. The quantitative estimate of drug-likeness (QED) is 0.676. The molecule has 0 radical (unpaired) electrons. The summed E-state index contributed by atoms with van der Waals surface area (Å²) < 4.78 is 5.98. The third-order valence-electron chi connectivity index (χ3n) is 2.76. The second-order valence-corrected chi connectivity index (χ2v) is 6.48. The molecule has 1 aromatic carbocycles. The zero-order valence-corrected chi connectivity index (χ0v) is 13.8. The molecule has 0 fully saturated rings. The maximum Gasteiger partial charge on any atom is 0.322 e. The fourth-order valence-electron chi connectivity index (χ4n) is 1.73. The summed E-state index contributed by atoms with van der Waals surface area (Å²) in [7, 11) is 0. The number of benzene rings is 1. The maximum atomic E-state index is 11.9. The predicted molar refractivity (Wildman–Crippen MR) is 91.7 cm³/mol. The fourth-order valence-corrected chi connectivity index (χ4v) is 2.89. The van der Waals surface area contributed by atoms with Crippen LogP contribution in [0.25, 0.3) is 16.8 Å². The summed E-state index contributed by atoms with van der Waals surface area (Å²) in [5, 5.41) is 10.7. The van der Waals surface area contributed by atoms with E-state index < -0.39 is 5.91 Å². The summed E-state index contributed by atoms with van der Waals surface area (Å²) in [5.41, 5.74) is 0.740. The molecular weight excluding hydrogens is 357 g/mol. The van der Waals surface area contributed by atoms with Crippen LogP contribution < -0.4 is 5.32 Å².